The fourth-order valence-corrected chi connectivity index (χ4v) is 2.60. The van der Waals surface area contributed by atoms with E-state index in [1.165, 1.54) is 0 Å². The summed E-state index contributed by atoms with van der Waals surface area (Å²) in [5.41, 5.74) is -0.743. The summed E-state index contributed by atoms with van der Waals surface area (Å²) >= 11 is 2.89. The summed E-state index contributed by atoms with van der Waals surface area (Å²) in [5, 5.41) is -0.288. The molecule has 0 saturated heterocycles. The van der Waals surface area contributed by atoms with Gasteiger partial charge in [0.25, 0.3) is 10.0 Å². The molecule has 0 saturated carbocycles. The van der Waals surface area contributed by atoms with Crippen LogP contribution in [0.1, 0.15) is 0 Å². The van der Waals surface area contributed by atoms with Gasteiger partial charge in [-0.2, -0.15) is 8.42 Å². The number of hydrogen-bond acceptors (Lipinski definition) is 3. The number of sulfonamides is 1. The first-order chi connectivity index (χ1) is 8.40. The van der Waals surface area contributed by atoms with Gasteiger partial charge in [0.05, 0.1) is 12.5 Å². The molecule has 0 radical (unpaired) electrons. The van der Waals surface area contributed by atoms with Crippen LogP contribution in [0.3, 0.4) is 0 Å². The van der Waals surface area contributed by atoms with Crippen LogP contribution in [0.2, 0.25) is 0 Å². The number of benzene rings is 1. The van der Waals surface area contributed by atoms with Crippen LogP contribution >= 0.6 is 15.9 Å². The third-order valence-electron chi connectivity index (χ3n) is 2.01. The van der Waals surface area contributed by atoms with Crippen LogP contribution in [0, 0.1) is 11.6 Å². The van der Waals surface area contributed by atoms with E-state index in [0.29, 0.717) is 0 Å². The molecule has 1 aromatic heterocycles. The molecule has 0 bridgehead atoms. The van der Waals surface area contributed by atoms with Gasteiger partial charge in [0, 0.05) is 4.47 Å². The maximum Gasteiger partial charge on any atom is 0.279 e. The highest BCUT2D eigenvalue weighted by Gasteiger charge is 2.20. The van der Waals surface area contributed by atoms with Crippen LogP contribution in [-0.2, 0) is 10.0 Å². The predicted octanol–water partition coefficient (Wildman–Crippen LogP) is 2.25. The summed E-state index contributed by atoms with van der Waals surface area (Å²) in [4.78, 5) is 5.85. The summed E-state index contributed by atoms with van der Waals surface area (Å²) in [5.74, 6) is -2.05. The molecule has 0 amide bonds. The molecule has 0 fully saturated rings. The molecule has 2 aromatic rings. The number of aromatic amines is 1. The molecule has 0 unspecified atom stereocenters. The Morgan fingerprint density at radius 1 is 1.28 bits per heavy atom. The first-order valence-corrected chi connectivity index (χ1v) is 6.83. The van der Waals surface area contributed by atoms with E-state index < -0.39 is 27.3 Å². The van der Waals surface area contributed by atoms with Gasteiger partial charge in [-0.05, 0) is 12.1 Å². The lowest BCUT2D eigenvalue weighted by Gasteiger charge is -2.08. The predicted molar refractivity (Wildman–Crippen MR) is 63.5 cm³/mol. The van der Waals surface area contributed by atoms with Crippen molar-refractivity contribution in [2.75, 3.05) is 4.72 Å². The van der Waals surface area contributed by atoms with Crippen molar-refractivity contribution in [3.63, 3.8) is 0 Å². The second-order valence-electron chi connectivity index (χ2n) is 3.27. The van der Waals surface area contributed by atoms with E-state index in [9.17, 15) is 17.2 Å². The van der Waals surface area contributed by atoms with Gasteiger partial charge in [-0.3, -0.25) is 4.72 Å². The lowest BCUT2D eigenvalue weighted by atomic mass is 10.3. The molecule has 0 aliphatic carbocycles. The molecule has 2 N–H and O–H groups in total. The van der Waals surface area contributed by atoms with Gasteiger partial charge in [-0.1, -0.05) is 15.9 Å². The number of anilines is 1. The minimum atomic E-state index is -4.09. The van der Waals surface area contributed by atoms with Gasteiger partial charge in [0.15, 0.2) is 16.7 Å². The lowest BCUT2D eigenvalue weighted by Crippen LogP contribution is -2.15. The molecule has 1 aromatic carbocycles. The highest BCUT2D eigenvalue weighted by molar-refractivity contribution is 9.10. The number of nitrogens with one attached hydrogen (secondary N) is 2. The maximum absolute atomic E-state index is 13.5. The van der Waals surface area contributed by atoms with Gasteiger partial charge >= 0.3 is 0 Å². The molecule has 0 atom stereocenters. The van der Waals surface area contributed by atoms with Gasteiger partial charge < -0.3 is 4.98 Å². The van der Waals surface area contributed by atoms with Crippen LogP contribution in [-0.4, -0.2) is 18.4 Å². The largest absolute Gasteiger partial charge is 0.334 e. The van der Waals surface area contributed by atoms with Gasteiger partial charge in [0.2, 0.25) is 0 Å². The van der Waals surface area contributed by atoms with E-state index in [0.717, 1.165) is 24.7 Å². The second kappa shape index (κ2) is 4.65. The molecular formula is C9H6BrF2N3O2S. The van der Waals surface area contributed by atoms with Crippen molar-refractivity contribution in [3.05, 3.63) is 40.8 Å². The van der Waals surface area contributed by atoms with E-state index in [1.54, 1.807) is 0 Å². The third kappa shape index (κ3) is 2.51. The number of H-pyrrole nitrogens is 1. The molecule has 96 valence electrons. The van der Waals surface area contributed by atoms with Crippen molar-refractivity contribution in [1.82, 2.24) is 9.97 Å². The summed E-state index contributed by atoms with van der Waals surface area (Å²) in [6.07, 6.45) is 2.17. The fraction of sp³-hybridized carbons (Fsp3) is 0. The number of hydrogen-bond donors (Lipinski definition) is 2. The van der Waals surface area contributed by atoms with Crippen LogP contribution < -0.4 is 4.72 Å². The maximum atomic E-state index is 13.5. The van der Waals surface area contributed by atoms with E-state index in [4.69, 9.17) is 0 Å². The van der Waals surface area contributed by atoms with Crippen molar-refractivity contribution in [2.24, 2.45) is 0 Å². The zero-order valence-corrected chi connectivity index (χ0v) is 11.0. The highest BCUT2D eigenvalue weighted by Crippen LogP contribution is 2.25. The zero-order chi connectivity index (χ0) is 13.3. The number of halogens is 3. The molecule has 0 aliphatic rings. The van der Waals surface area contributed by atoms with Crippen LogP contribution in [0.5, 0.6) is 0 Å². The Morgan fingerprint density at radius 3 is 2.39 bits per heavy atom. The average molecular weight is 338 g/mol. The van der Waals surface area contributed by atoms with E-state index >= 15 is 0 Å². The zero-order valence-electron chi connectivity index (χ0n) is 8.62. The van der Waals surface area contributed by atoms with Gasteiger partial charge in [0.1, 0.15) is 5.69 Å². The molecule has 0 aliphatic heterocycles. The molecule has 18 heavy (non-hydrogen) atoms. The van der Waals surface area contributed by atoms with Gasteiger partial charge in [-0.15, -0.1) is 0 Å². The Labute approximate surface area is 109 Å². The standard InChI is InChI=1S/C9H6BrF2N3O2S/c10-5-1-6(11)9(7(12)2-5)15-18(16,17)8-3-13-4-14-8/h1-4,15H,(H,13,14). The first-order valence-electron chi connectivity index (χ1n) is 4.56. The molecule has 0 spiro atoms. The topological polar surface area (TPSA) is 74.8 Å². The number of rotatable bonds is 3. The molecule has 5 nitrogen and oxygen atoms in total. The van der Waals surface area contributed by atoms with Crippen molar-refractivity contribution >= 4 is 31.6 Å². The monoisotopic (exact) mass is 337 g/mol. The Balaban J connectivity index is 2.42. The second-order valence-corrected chi connectivity index (χ2v) is 5.83. The SMILES string of the molecule is O=S(=O)(Nc1c(F)cc(Br)cc1F)c1cnc[nH]1. The molecule has 2 rings (SSSR count). The van der Waals surface area contributed by atoms with Crippen LogP contribution in [0.15, 0.2) is 34.2 Å². The lowest BCUT2D eigenvalue weighted by molar-refractivity contribution is 0.581. The Bertz CT molecular complexity index is 650. The van der Waals surface area contributed by atoms with Crippen molar-refractivity contribution in [1.29, 1.82) is 0 Å². The van der Waals surface area contributed by atoms with E-state index in [2.05, 4.69) is 25.9 Å². The average Bonchev–Trinajstić information content (AvgIpc) is 2.77. The van der Waals surface area contributed by atoms with E-state index in [-0.39, 0.29) is 9.50 Å². The van der Waals surface area contributed by atoms with Crippen LogP contribution in [0.4, 0.5) is 14.5 Å². The van der Waals surface area contributed by atoms with Crippen molar-refractivity contribution in [2.45, 2.75) is 5.03 Å². The molecule has 1 heterocycles. The van der Waals surface area contributed by atoms with Crippen molar-refractivity contribution in [3.8, 4) is 0 Å². The van der Waals surface area contributed by atoms with Crippen LogP contribution in [0.25, 0.3) is 0 Å². The Morgan fingerprint density at radius 2 is 1.89 bits per heavy atom. The minimum absolute atomic E-state index is 0.169. The highest BCUT2D eigenvalue weighted by atomic mass is 79.9. The Hall–Kier alpha value is -1.48. The first kappa shape index (κ1) is 13.0. The fourth-order valence-electron chi connectivity index (χ4n) is 1.22. The van der Waals surface area contributed by atoms with E-state index in [1.807, 2.05) is 4.72 Å². The summed E-state index contributed by atoms with van der Waals surface area (Å²) < 4.78 is 52.4. The molecular weight excluding hydrogens is 332 g/mol. The van der Waals surface area contributed by atoms with Gasteiger partial charge in [-0.25, -0.2) is 13.8 Å². The van der Waals surface area contributed by atoms with Crippen molar-refractivity contribution < 1.29 is 17.2 Å². The quantitative estimate of drug-likeness (QED) is 0.901. The number of aromatic nitrogens is 2. The summed E-state index contributed by atoms with van der Waals surface area (Å²) in [6, 6.07) is 1.90. The third-order valence-corrected chi connectivity index (χ3v) is 3.74. The normalized spacial score (nSPS) is 11.5. The summed E-state index contributed by atoms with van der Waals surface area (Å²) in [6.45, 7) is 0. The smallest absolute Gasteiger partial charge is 0.279 e. The number of nitrogens with zero attached hydrogens (tertiary/aromatic N) is 1. The molecule has 9 heteroatoms. The minimum Gasteiger partial charge on any atom is -0.334 e. The Kier molecular flexibility index (Phi) is 3.35. The summed E-state index contributed by atoms with van der Waals surface area (Å²) in [7, 11) is -4.09. The number of imidazole rings is 1.